The number of thiazole rings is 1. The average Bonchev–Trinajstić information content (AvgIpc) is 3.34. The summed E-state index contributed by atoms with van der Waals surface area (Å²) >= 11 is 1.58. The first-order chi connectivity index (χ1) is 13.5. The predicted molar refractivity (Wildman–Crippen MR) is 108 cm³/mol. The predicted octanol–water partition coefficient (Wildman–Crippen LogP) is 3.64. The van der Waals surface area contributed by atoms with E-state index in [4.69, 9.17) is 4.74 Å². The van der Waals surface area contributed by atoms with Gasteiger partial charge in [-0.1, -0.05) is 19.3 Å². The normalized spacial score (nSPS) is 23.9. The molecule has 0 radical (unpaired) electrons. The summed E-state index contributed by atoms with van der Waals surface area (Å²) in [5.41, 5.74) is 0.241. The molecule has 0 bridgehead atoms. The van der Waals surface area contributed by atoms with Crippen molar-refractivity contribution < 1.29 is 14.3 Å². The second kappa shape index (κ2) is 8.11. The number of aromatic nitrogens is 1. The molecule has 3 heterocycles. The molecule has 2 aliphatic heterocycles. The maximum Gasteiger partial charge on any atom is 0.275 e. The van der Waals surface area contributed by atoms with Gasteiger partial charge in [0, 0.05) is 30.3 Å². The molecule has 154 valence electrons. The van der Waals surface area contributed by atoms with Gasteiger partial charge < -0.3 is 14.5 Å². The molecule has 0 aromatic carbocycles. The minimum Gasteiger partial charge on any atom is -0.359 e. The fraction of sp³-hybridized carbons (Fsp3) is 0.762. The Morgan fingerprint density at radius 2 is 1.86 bits per heavy atom. The molecule has 2 saturated heterocycles. The number of carbonyl (C=O) groups excluding carboxylic acids is 2. The van der Waals surface area contributed by atoms with Crippen LogP contribution in [0.15, 0.2) is 5.38 Å². The van der Waals surface area contributed by atoms with E-state index in [2.05, 4.69) is 9.88 Å². The standard InChI is InChI=1S/C21H31N3O3S/c1-21(2)13-27-14-24(21)20(26)17-12-28-18(22-17)15-8-10-23(11-9-15)19(25)16-6-4-3-5-7-16/h12,15-16H,3-11,13-14H2,1-2H3. The molecule has 0 spiro atoms. The van der Waals surface area contributed by atoms with Crippen molar-refractivity contribution in [3.63, 3.8) is 0 Å². The van der Waals surface area contributed by atoms with Gasteiger partial charge in [-0.3, -0.25) is 9.59 Å². The molecule has 28 heavy (non-hydrogen) atoms. The number of nitrogens with zero attached hydrogens (tertiary/aromatic N) is 3. The topological polar surface area (TPSA) is 62.7 Å². The summed E-state index contributed by atoms with van der Waals surface area (Å²) in [7, 11) is 0. The first-order valence-electron chi connectivity index (χ1n) is 10.6. The third kappa shape index (κ3) is 3.96. The third-order valence-corrected chi connectivity index (χ3v) is 7.51. The lowest BCUT2D eigenvalue weighted by molar-refractivity contribution is -0.137. The average molecular weight is 406 g/mol. The second-order valence-electron chi connectivity index (χ2n) is 9.03. The summed E-state index contributed by atoms with van der Waals surface area (Å²) in [5.74, 6) is 0.921. The molecule has 3 fully saturated rings. The molecule has 0 unspecified atom stereocenters. The van der Waals surface area contributed by atoms with Crippen LogP contribution in [0.2, 0.25) is 0 Å². The Morgan fingerprint density at radius 1 is 1.14 bits per heavy atom. The van der Waals surface area contributed by atoms with E-state index in [-0.39, 0.29) is 17.4 Å². The van der Waals surface area contributed by atoms with Crippen LogP contribution in [-0.4, -0.2) is 58.6 Å². The number of likely N-dealkylation sites (tertiary alicyclic amines) is 1. The maximum absolute atomic E-state index is 12.8. The molecule has 2 amide bonds. The van der Waals surface area contributed by atoms with Crippen LogP contribution in [0.25, 0.3) is 0 Å². The first kappa shape index (κ1) is 19.8. The van der Waals surface area contributed by atoms with Gasteiger partial charge in [-0.2, -0.15) is 0 Å². The van der Waals surface area contributed by atoms with Crippen LogP contribution in [0.1, 0.15) is 80.2 Å². The van der Waals surface area contributed by atoms with Crippen molar-refractivity contribution in [3.05, 3.63) is 16.1 Å². The van der Waals surface area contributed by atoms with Crippen molar-refractivity contribution >= 4 is 23.2 Å². The van der Waals surface area contributed by atoms with Gasteiger partial charge in [0.15, 0.2) is 0 Å². The van der Waals surface area contributed by atoms with E-state index in [0.29, 0.717) is 30.9 Å². The van der Waals surface area contributed by atoms with Gasteiger partial charge in [-0.15, -0.1) is 11.3 Å². The number of ether oxygens (including phenoxy) is 1. The van der Waals surface area contributed by atoms with E-state index in [1.54, 1.807) is 16.2 Å². The molecule has 1 aliphatic carbocycles. The van der Waals surface area contributed by atoms with Crippen LogP contribution >= 0.6 is 11.3 Å². The third-order valence-electron chi connectivity index (χ3n) is 6.50. The summed E-state index contributed by atoms with van der Waals surface area (Å²) in [6.07, 6.45) is 7.68. The number of amides is 2. The minimum absolute atomic E-state index is 0.0464. The molecule has 0 atom stereocenters. The molecule has 7 heteroatoms. The highest BCUT2D eigenvalue weighted by atomic mass is 32.1. The molecular formula is C21H31N3O3S. The number of rotatable bonds is 3. The van der Waals surface area contributed by atoms with Crippen molar-refractivity contribution in [2.45, 2.75) is 70.3 Å². The van der Waals surface area contributed by atoms with Gasteiger partial charge in [-0.25, -0.2) is 4.98 Å². The van der Waals surface area contributed by atoms with E-state index in [9.17, 15) is 9.59 Å². The van der Waals surface area contributed by atoms with E-state index in [1.807, 2.05) is 19.2 Å². The highest BCUT2D eigenvalue weighted by Gasteiger charge is 2.38. The summed E-state index contributed by atoms with van der Waals surface area (Å²) < 4.78 is 5.47. The van der Waals surface area contributed by atoms with Gasteiger partial charge >= 0.3 is 0 Å². The van der Waals surface area contributed by atoms with Gasteiger partial charge in [0.2, 0.25) is 5.91 Å². The lowest BCUT2D eigenvalue weighted by Gasteiger charge is -2.34. The zero-order valence-corrected chi connectivity index (χ0v) is 17.8. The van der Waals surface area contributed by atoms with Crippen LogP contribution in [0, 0.1) is 5.92 Å². The summed E-state index contributed by atoms with van der Waals surface area (Å²) in [5, 5.41) is 2.91. The Morgan fingerprint density at radius 3 is 2.50 bits per heavy atom. The smallest absolute Gasteiger partial charge is 0.275 e. The van der Waals surface area contributed by atoms with Crippen molar-refractivity contribution in [3.8, 4) is 0 Å². The van der Waals surface area contributed by atoms with Crippen LogP contribution in [0.3, 0.4) is 0 Å². The van der Waals surface area contributed by atoms with Gasteiger partial charge in [-0.05, 0) is 39.5 Å². The molecule has 1 saturated carbocycles. The Kier molecular flexibility index (Phi) is 5.74. The van der Waals surface area contributed by atoms with E-state index in [1.165, 1.54) is 19.3 Å². The molecule has 0 N–H and O–H groups in total. The minimum atomic E-state index is -0.286. The highest BCUT2D eigenvalue weighted by molar-refractivity contribution is 7.09. The van der Waals surface area contributed by atoms with Crippen LogP contribution in [0.4, 0.5) is 0 Å². The first-order valence-corrected chi connectivity index (χ1v) is 11.5. The summed E-state index contributed by atoms with van der Waals surface area (Å²) in [6.45, 7) is 6.56. The van der Waals surface area contributed by atoms with Crippen molar-refractivity contribution in [1.29, 1.82) is 0 Å². The molecule has 1 aromatic rings. The molecule has 3 aliphatic rings. The quantitative estimate of drug-likeness (QED) is 0.770. The molecule has 1 aromatic heterocycles. The van der Waals surface area contributed by atoms with Crippen molar-refractivity contribution in [2.24, 2.45) is 5.92 Å². The number of hydrogen-bond acceptors (Lipinski definition) is 5. The van der Waals surface area contributed by atoms with Gasteiger partial charge in [0.05, 0.1) is 17.2 Å². The monoisotopic (exact) mass is 405 g/mol. The molecular weight excluding hydrogens is 374 g/mol. The van der Waals surface area contributed by atoms with Gasteiger partial charge in [0.1, 0.15) is 12.4 Å². The zero-order valence-electron chi connectivity index (χ0n) is 17.0. The fourth-order valence-corrected chi connectivity index (χ4v) is 5.60. The lowest BCUT2D eigenvalue weighted by atomic mass is 9.87. The number of hydrogen-bond donors (Lipinski definition) is 0. The SMILES string of the molecule is CC1(C)COCN1C(=O)c1csc(C2CCN(C(=O)C3CCCCC3)CC2)n1. The van der Waals surface area contributed by atoms with E-state index >= 15 is 0 Å². The maximum atomic E-state index is 12.8. The Bertz CT molecular complexity index is 718. The van der Waals surface area contributed by atoms with Crippen LogP contribution in [-0.2, 0) is 9.53 Å². The lowest BCUT2D eigenvalue weighted by Crippen LogP contribution is -2.44. The van der Waals surface area contributed by atoms with Crippen LogP contribution in [0.5, 0.6) is 0 Å². The largest absolute Gasteiger partial charge is 0.359 e. The molecule has 6 nitrogen and oxygen atoms in total. The van der Waals surface area contributed by atoms with Gasteiger partial charge in [0.25, 0.3) is 5.91 Å². The Balaban J connectivity index is 1.34. The van der Waals surface area contributed by atoms with E-state index in [0.717, 1.165) is 43.8 Å². The molecule has 4 rings (SSSR count). The Hall–Kier alpha value is -1.47. The van der Waals surface area contributed by atoms with Crippen molar-refractivity contribution in [2.75, 3.05) is 26.4 Å². The van der Waals surface area contributed by atoms with E-state index < -0.39 is 0 Å². The second-order valence-corrected chi connectivity index (χ2v) is 9.92. The Labute approximate surface area is 171 Å². The fourth-order valence-electron chi connectivity index (χ4n) is 4.64. The number of piperidine rings is 1. The number of carbonyl (C=O) groups is 2. The summed E-state index contributed by atoms with van der Waals surface area (Å²) in [6, 6.07) is 0. The highest BCUT2D eigenvalue weighted by Crippen LogP contribution is 2.33. The zero-order chi connectivity index (χ0) is 19.7. The van der Waals surface area contributed by atoms with Crippen LogP contribution < -0.4 is 0 Å². The summed E-state index contributed by atoms with van der Waals surface area (Å²) in [4.78, 5) is 34.1. The van der Waals surface area contributed by atoms with Crippen molar-refractivity contribution in [1.82, 2.24) is 14.8 Å².